The van der Waals surface area contributed by atoms with Crippen molar-refractivity contribution in [2.24, 2.45) is 10.9 Å². The molecule has 5 nitrogen and oxygen atoms in total. The summed E-state index contributed by atoms with van der Waals surface area (Å²) < 4.78 is 5.85. The number of esters is 1. The number of hydrogen-bond donors (Lipinski definition) is 0. The van der Waals surface area contributed by atoms with Crippen LogP contribution in [0.4, 0.5) is 0 Å². The molecule has 25 heavy (non-hydrogen) atoms. The molecule has 6 heteroatoms. The van der Waals surface area contributed by atoms with E-state index in [0.717, 1.165) is 40.2 Å². The number of carbonyl (C=O) groups is 1. The summed E-state index contributed by atoms with van der Waals surface area (Å²) in [5.41, 5.74) is 2.91. The summed E-state index contributed by atoms with van der Waals surface area (Å²) in [5.74, 6) is -0.0509. The monoisotopic (exact) mass is 401 g/mol. The fraction of sp³-hybridized carbons (Fsp3) is 0.474. The van der Waals surface area contributed by atoms with E-state index >= 15 is 0 Å². The van der Waals surface area contributed by atoms with Gasteiger partial charge in [0.05, 0.1) is 24.1 Å². The van der Waals surface area contributed by atoms with E-state index < -0.39 is 17.9 Å². The number of allylic oxidation sites excluding steroid dienone is 1. The van der Waals surface area contributed by atoms with Gasteiger partial charge in [0.1, 0.15) is 5.92 Å². The lowest BCUT2D eigenvalue weighted by atomic mass is 9.80. The third kappa shape index (κ3) is 3.67. The number of hydrogen-bond acceptors (Lipinski definition) is 4. The number of pyridine rings is 1. The SMILES string of the molecule is [C-]#[N+]C1C(C)=NC(CCC2CC2)=C(C(=O)OC)C1c1ccncc1Br. The Bertz CT molecular complexity index is 790. The van der Waals surface area contributed by atoms with Crippen molar-refractivity contribution < 1.29 is 9.53 Å². The Kier molecular flexibility index (Phi) is 5.33. The molecule has 1 aliphatic heterocycles. The van der Waals surface area contributed by atoms with Gasteiger partial charge in [-0.15, -0.1) is 0 Å². The molecule has 2 heterocycles. The van der Waals surface area contributed by atoms with Crippen molar-refractivity contribution in [1.29, 1.82) is 0 Å². The second kappa shape index (κ2) is 7.49. The number of ether oxygens (including phenoxy) is 1. The number of aliphatic imine (C=N–C) groups is 1. The van der Waals surface area contributed by atoms with Gasteiger partial charge in [0.25, 0.3) is 6.04 Å². The molecule has 0 spiro atoms. The van der Waals surface area contributed by atoms with Crippen molar-refractivity contribution in [1.82, 2.24) is 4.98 Å². The van der Waals surface area contributed by atoms with Gasteiger partial charge in [-0.3, -0.25) is 9.98 Å². The molecule has 1 saturated carbocycles. The lowest BCUT2D eigenvalue weighted by molar-refractivity contribution is -0.136. The molecule has 0 N–H and O–H groups in total. The zero-order chi connectivity index (χ0) is 18.0. The lowest BCUT2D eigenvalue weighted by Crippen LogP contribution is -2.32. The fourth-order valence-corrected chi connectivity index (χ4v) is 3.84. The van der Waals surface area contributed by atoms with E-state index in [1.165, 1.54) is 20.0 Å². The maximum atomic E-state index is 12.6. The molecule has 0 amide bonds. The standard InChI is InChI=1S/C19H20BrN3O2/c1-11-18(21-2)16(13-8-9-22-10-14(13)20)17(19(24)25-3)15(23-11)7-6-12-4-5-12/h8-10,12,16,18H,4-7H2,1,3H3. The van der Waals surface area contributed by atoms with E-state index in [2.05, 4.69) is 30.8 Å². The van der Waals surface area contributed by atoms with Crippen molar-refractivity contribution >= 4 is 27.6 Å². The van der Waals surface area contributed by atoms with Crippen molar-refractivity contribution in [3.63, 3.8) is 0 Å². The summed E-state index contributed by atoms with van der Waals surface area (Å²) in [4.78, 5) is 25.1. The van der Waals surface area contributed by atoms with E-state index in [9.17, 15) is 4.79 Å². The van der Waals surface area contributed by atoms with Crippen LogP contribution in [0, 0.1) is 12.5 Å². The molecule has 130 valence electrons. The summed E-state index contributed by atoms with van der Waals surface area (Å²) in [6.07, 6.45) is 7.66. The third-order valence-corrected chi connectivity index (χ3v) is 5.51. The Morgan fingerprint density at radius 1 is 1.48 bits per heavy atom. The highest BCUT2D eigenvalue weighted by molar-refractivity contribution is 9.10. The average molecular weight is 402 g/mol. The van der Waals surface area contributed by atoms with Crippen molar-refractivity contribution in [3.05, 3.63) is 51.2 Å². The molecule has 1 aliphatic carbocycles. The molecular formula is C19H20BrN3O2. The summed E-state index contributed by atoms with van der Waals surface area (Å²) in [7, 11) is 1.38. The van der Waals surface area contributed by atoms with Crippen LogP contribution in [0.1, 0.15) is 44.1 Å². The van der Waals surface area contributed by atoms with Gasteiger partial charge in [-0.2, -0.15) is 0 Å². The van der Waals surface area contributed by atoms with Gasteiger partial charge in [0.15, 0.2) is 0 Å². The smallest absolute Gasteiger partial charge is 0.336 e. The zero-order valence-electron chi connectivity index (χ0n) is 14.3. The molecule has 0 bridgehead atoms. The molecule has 0 saturated heterocycles. The quantitative estimate of drug-likeness (QED) is 0.545. The molecule has 2 aliphatic rings. The van der Waals surface area contributed by atoms with Crippen LogP contribution in [0.5, 0.6) is 0 Å². The van der Waals surface area contributed by atoms with Crippen LogP contribution in [-0.4, -0.2) is 29.8 Å². The number of aromatic nitrogens is 1. The van der Waals surface area contributed by atoms with Crippen LogP contribution < -0.4 is 0 Å². The van der Waals surface area contributed by atoms with Gasteiger partial charge < -0.3 is 9.58 Å². The highest BCUT2D eigenvalue weighted by atomic mass is 79.9. The maximum absolute atomic E-state index is 12.6. The lowest BCUT2D eigenvalue weighted by Gasteiger charge is -2.27. The minimum absolute atomic E-state index is 0.394. The van der Waals surface area contributed by atoms with Crippen LogP contribution >= 0.6 is 15.9 Å². The summed E-state index contributed by atoms with van der Waals surface area (Å²) in [6, 6.07) is 1.34. The first kappa shape index (κ1) is 17.8. The van der Waals surface area contributed by atoms with Crippen LogP contribution in [0.3, 0.4) is 0 Å². The van der Waals surface area contributed by atoms with Crippen LogP contribution in [0.2, 0.25) is 0 Å². The first-order valence-electron chi connectivity index (χ1n) is 8.39. The van der Waals surface area contributed by atoms with Gasteiger partial charge in [0, 0.05) is 16.9 Å². The van der Waals surface area contributed by atoms with Gasteiger partial charge in [-0.05, 0) is 53.2 Å². The molecular weight excluding hydrogens is 382 g/mol. The zero-order valence-corrected chi connectivity index (χ0v) is 15.9. The van der Waals surface area contributed by atoms with E-state index in [4.69, 9.17) is 11.3 Å². The number of rotatable bonds is 5. The Morgan fingerprint density at radius 2 is 2.24 bits per heavy atom. The largest absolute Gasteiger partial charge is 0.466 e. The Hall–Kier alpha value is -2.00. The molecule has 1 aromatic rings. The first-order chi connectivity index (χ1) is 12.1. The predicted octanol–water partition coefficient (Wildman–Crippen LogP) is 4.31. The topological polar surface area (TPSA) is 55.9 Å². The molecule has 0 aromatic carbocycles. The number of carbonyl (C=O) groups excluding carboxylic acids is 1. The third-order valence-electron chi connectivity index (χ3n) is 4.85. The second-order valence-electron chi connectivity index (χ2n) is 6.54. The number of nitrogens with zero attached hydrogens (tertiary/aromatic N) is 3. The summed E-state index contributed by atoms with van der Waals surface area (Å²) >= 11 is 3.52. The molecule has 3 rings (SSSR count). The molecule has 2 unspecified atom stereocenters. The van der Waals surface area contributed by atoms with E-state index in [0.29, 0.717) is 5.57 Å². The Balaban J connectivity index is 2.12. The van der Waals surface area contributed by atoms with Crippen molar-refractivity contribution in [3.8, 4) is 0 Å². The average Bonchev–Trinajstić information content (AvgIpc) is 3.43. The van der Waals surface area contributed by atoms with Crippen molar-refractivity contribution in [2.75, 3.05) is 7.11 Å². The summed E-state index contributed by atoms with van der Waals surface area (Å²) in [6.45, 7) is 9.52. The minimum Gasteiger partial charge on any atom is -0.466 e. The van der Waals surface area contributed by atoms with E-state index in [-0.39, 0.29) is 0 Å². The normalized spacial score (nSPS) is 23.0. The summed E-state index contributed by atoms with van der Waals surface area (Å²) in [5, 5.41) is 0. The predicted molar refractivity (Wildman–Crippen MR) is 99.2 cm³/mol. The second-order valence-corrected chi connectivity index (χ2v) is 7.39. The van der Waals surface area contributed by atoms with E-state index in [1.54, 1.807) is 12.4 Å². The van der Waals surface area contributed by atoms with Gasteiger partial charge in [-0.25, -0.2) is 11.4 Å². The highest BCUT2D eigenvalue weighted by Crippen LogP contribution is 2.42. The van der Waals surface area contributed by atoms with Gasteiger partial charge >= 0.3 is 5.97 Å². The van der Waals surface area contributed by atoms with Gasteiger partial charge in [-0.1, -0.05) is 12.8 Å². The maximum Gasteiger partial charge on any atom is 0.336 e. The van der Waals surface area contributed by atoms with Crippen LogP contribution in [0.25, 0.3) is 4.85 Å². The molecule has 1 aromatic heterocycles. The number of methoxy groups -OCH3 is 1. The minimum atomic E-state index is -0.516. The highest BCUT2D eigenvalue weighted by Gasteiger charge is 2.43. The molecule has 2 atom stereocenters. The Morgan fingerprint density at radius 3 is 2.84 bits per heavy atom. The van der Waals surface area contributed by atoms with Crippen LogP contribution in [0.15, 0.2) is 39.2 Å². The fourth-order valence-electron chi connectivity index (χ4n) is 3.34. The van der Waals surface area contributed by atoms with Crippen LogP contribution in [-0.2, 0) is 9.53 Å². The molecule has 0 radical (unpaired) electrons. The first-order valence-corrected chi connectivity index (χ1v) is 9.18. The van der Waals surface area contributed by atoms with E-state index in [1.807, 2.05) is 13.0 Å². The van der Waals surface area contributed by atoms with Crippen molar-refractivity contribution in [2.45, 2.75) is 44.6 Å². The number of halogens is 1. The van der Waals surface area contributed by atoms with Gasteiger partial charge in [0.2, 0.25) is 0 Å². The Labute approximate surface area is 156 Å². The molecule has 1 fully saturated rings.